The fourth-order valence-corrected chi connectivity index (χ4v) is 2.75. The highest BCUT2D eigenvalue weighted by molar-refractivity contribution is 7.92. The lowest BCUT2D eigenvalue weighted by Gasteiger charge is -2.18. The molecule has 1 heterocycles. The molecule has 0 unspecified atom stereocenters. The van der Waals surface area contributed by atoms with Crippen molar-refractivity contribution in [1.82, 2.24) is 0 Å². The van der Waals surface area contributed by atoms with Gasteiger partial charge >= 0.3 is 5.97 Å². The molecule has 0 aliphatic rings. The molecule has 0 atom stereocenters. The number of sulfonamides is 1. The lowest BCUT2D eigenvalue weighted by atomic mass is 10.3. The number of ether oxygens (including phenoxy) is 1. The Kier molecular flexibility index (Phi) is 3.90. The fourth-order valence-electron chi connectivity index (χ4n) is 1.65. The van der Waals surface area contributed by atoms with Crippen LogP contribution in [0.2, 0.25) is 0 Å². The van der Waals surface area contributed by atoms with Crippen LogP contribution < -0.4 is 9.04 Å². The molecule has 0 radical (unpaired) electrons. The second kappa shape index (κ2) is 5.49. The van der Waals surface area contributed by atoms with Crippen molar-refractivity contribution in [3.63, 3.8) is 0 Å². The summed E-state index contributed by atoms with van der Waals surface area (Å²) in [5.41, 5.74) is 0.364. The van der Waals surface area contributed by atoms with Crippen LogP contribution in [0.4, 0.5) is 5.69 Å². The largest absolute Gasteiger partial charge is 0.497 e. The van der Waals surface area contributed by atoms with Crippen LogP contribution in [-0.2, 0) is 10.0 Å². The van der Waals surface area contributed by atoms with Gasteiger partial charge in [0.25, 0.3) is 10.0 Å². The highest BCUT2D eigenvalue weighted by atomic mass is 32.2. The summed E-state index contributed by atoms with van der Waals surface area (Å²) >= 11 is 0. The van der Waals surface area contributed by atoms with Gasteiger partial charge in [-0.25, -0.2) is 4.79 Å². The van der Waals surface area contributed by atoms with Crippen molar-refractivity contribution in [1.29, 1.82) is 0 Å². The smallest absolute Gasteiger partial charge is 0.371 e. The number of hydrogen-bond acceptors (Lipinski definition) is 5. The maximum atomic E-state index is 12.4. The van der Waals surface area contributed by atoms with Crippen LogP contribution in [-0.4, -0.2) is 33.7 Å². The van der Waals surface area contributed by atoms with E-state index < -0.39 is 26.8 Å². The summed E-state index contributed by atoms with van der Waals surface area (Å²) in [4.78, 5) is 10.7. The molecule has 0 aliphatic heterocycles. The summed E-state index contributed by atoms with van der Waals surface area (Å²) in [6.45, 7) is 0. The number of methoxy groups -OCH3 is 1. The summed E-state index contributed by atoms with van der Waals surface area (Å²) in [5, 5.41) is 8.33. The van der Waals surface area contributed by atoms with Crippen molar-refractivity contribution in [2.24, 2.45) is 0 Å². The van der Waals surface area contributed by atoms with Crippen LogP contribution in [0.25, 0.3) is 0 Å². The topological polar surface area (TPSA) is 97.0 Å². The first-order chi connectivity index (χ1) is 9.86. The van der Waals surface area contributed by atoms with E-state index in [1.165, 1.54) is 14.2 Å². The third-order valence-corrected chi connectivity index (χ3v) is 4.48. The molecule has 8 heteroatoms. The van der Waals surface area contributed by atoms with Gasteiger partial charge in [0.05, 0.1) is 12.8 Å². The third-order valence-electron chi connectivity index (χ3n) is 2.82. The first-order valence-electron chi connectivity index (χ1n) is 5.82. The second-order valence-electron chi connectivity index (χ2n) is 4.10. The maximum absolute atomic E-state index is 12.4. The van der Waals surface area contributed by atoms with E-state index in [0.29, 0.717) is 11.4 Å². The number of hydrogen-bond donors (Lipinski definition) is 1. The van der Waals surface area contributed by atoms with Crippen LogP contribution in [0.15, 0.2) is 45.9 Å². The van der Waals surface area contributed by atoms with Gasteiger partial charge in [-0.3, -0.25) is 4.31 Å². The molecule has 2 rings (SSSR count). The molecule has 7 nitrogen and oxygen atoms in total. The zero-order chi connectivity index (χ0) is 15.6. The van der Waals surface area contributed by atoms with Crippen molar-refractivity contribution in [3.05, 3.63) is 42.2 Å². The van der Waals surface area contributed by atoms with Crippen molar-refractivity contribution >= 4 is 21.7 Å². The van der Waals surface area contributed by atoms with Gasteiger partial charge in [0.2, 0.25) is 10.9 Å². The number of carboxylic acid groups (broad SMARTS) is 1. The Balaban J connectivity index is 2.39. The number of anilines is 1. The molecule has 0 spiro atoms. The van der Waals surface area contributed by atoms with Crippen LogP contribution in [0, 0.1) is 0 Å². The van der Waals surface area contributed by atoms with Crippen molar-refractivity contribution in [2.75, 3.05) is 18.5 Å². The summed E-state index contributed by atoms with van der Waals surface area (Å²) in [6, 6.07) is 8.65. The molecule has 112 valence electrons. The zero-order valence-corrected chi connectivity index (χ0v) is 12.1. The lowest BCUT2D eigenvalue weighted by Crippen LogP contribution is -2.26. The minimum Gasteiger partial charge on any atom is -0.497 e. The Labute approximate surface area is 121 Å². The molecular formula is C13H13NO6S. The Morgan fingerprint density at radius 2 is 2.00 bits per heavy atom. The predicted octanol–water partition coefficient (Wildman–Crippen LogP) is 1.81. The Morgan fingerprint density at radius 1 is 1.29 bits per heavy atom. The van der Waals surface area contributed by atoms with Crippen LogP contribution in [0.1, 0.15) is 10.6 Å². The molecule has 0 aliphatic carbocycles. The zero-order valence-electron chi connectivity index (χ0n) is 11.3. The highest BCUT2D eigenvalue weighted by Crippen LogP contribution is 2.26. The standard InChI is InChI=1S/C13H13NO6S/c1-14(9-4-3-5-10(8-9)19-2)21(17,18)12-7-6-11(20-12)13(15)16/h3-8H,1-2H3,(H,15,16). The lowest BCUT2D eigenvalue weighted by molar-refractivity contribution is 0.0656. The molecule has 1 N–H and O–H groups in total. The Hall–Kier alpha value is -2.48. The molecule has 21 heavy (non-hydrogen) atoms. The van der Waals surface area contributed by atoms with E-state index in [0.717, 1.165) is 16.4 Å². The van der Waals surface area contributed by atoms with Crippen LogP contribution in [0.3, 0.4) is 0 Å². The van der Waals surface area contributed by atoms with Gasteiger partial charge in [-0.2, -0.15) is 8.42 Å². The minimum atomic E-state index is -3.98. The highest BCUT2D eigenvalue weighted by Gasteiger charge is 2.26. The number of carboxylic acids is 1. The van der Waals surface area contributed by atoms with Gasteiger partial charge in [0.1, 0.15) is 5.75 Å². The van der Waals surface area contributed by atoms with Gasteiger partial charge in [-0.15, -0.1) is 0 Å². The van der Waals surface area contributed by atoms with Crippen molar-refractivity contribution < 1.29 is 27.5 Å². The summed E-state index contributed by atoms with van der Waals surface area (Å²) in [5.74, 6) is -1.27. The van der Waals surface area contributed by atoms with E-state index in [9.17, 15) is 13.2 Å². The van der Waals surface area contributed by atoms with E-state index in [2.05, 4.69) is 0 Å². The predicted molar refractivity (Wildman–Crippen MR) is 74.3 cm³/mol. The molecule has 0 fully saturated rings. The first-order valence-corrected chi connectivity index (χ1v) is 7.26. The van der Waals surface area contributed by atoms with E-state index >= 15 is 0 Å². The number of benzene rings is 1. The fraction of sp³-hybridized carbons (Fsp3) is 0.154. The van der Waals surface area contributed by atoms with E-state index in [-0.39, 0.29) is 0 Å². The molecule has 0 amide bonds. The maximum Gasteiger partial charge on any atom is 0.371 e. The van der Waals surface area contributed by atoms with Crippen molar-refractivity contribution in [3.8, 4) is 5.75 Å². The van der Waals surface area contributed by atoms with Crippen molar-refractivity contribution in [2.45, 2.75) is 5.09 Å². The number of carbonyl (C=O) groups is 1. The number of aromatic carboxylic acids is 1. The Morgan fingerprint density at radius 3 is 2.57 bits per heavy atom. The SMILES string of the molecule is COc1cccc(N(C)S(=O)(=O)c2ccc(C(=O)O)o2)c1. The summed E-state index contributed by atoms with van der Waals surface area (Å²) < 4.78 is 35.6. The first kappa shape index (κ1) is 14.9. The van der Waals surface area contributed by atoms with Gasteiger partial charge in [-0.05, 0) is 24.3 Å². The minimum absolute atomic E-state index is 0.364. The Bertz CT molecular complexity index is 764. The van der Waals surface area contributed by atoms with Gasteiger partial charge in [-0.1, -0.05) is 6.07 Å². The average Bonchev–Trinajstić information content (AvgIpc) is 2.97. The van der Waals surface area contributed by atoms with E-state index in [1.807, 2.05) is 0 Å². The second-order valence-corrected chi connectivity index (χ2v) is 6.00. The molecule has 0 bridgehead atoms. The monoisotopic (exact) mass is 311 g/mol. The quantitative estimate of drug-likeness (QED) is 0.904. The number of furan rings is 1. The molecule has 1 aromatic heterocycles. The summed E-state index contributed by atoms with van der Waals surface area (Å²) in [7, 11) is -1.17. The summed E-state index contributed by atoms with van der Waals surface area (Å²) in [6.07, 6.45) is 0. The van der Waals surface area contributed by atoms with Gasteiger partial charge < -0.3 is 14.3 Å². The molecule has 0 saturated carbocycles. The number of nitrogens with zero attached hydrogens (tertiary/aromatic N) is 1. The van der Waals surface area contributed by atoms with Gasteiger partial charge in [0, 0.05) is 13.1 Å². The van der Waals surface area contributed by atoms with Gasteiger partial charge in [0.15, 0.2) is 0 Å². The third kappa shape index (κ3) is 2.84. The van der Waals surface area contributed by atoms with E-state index in [1.54, 1.807) is 24.3 Å². The normalized spacial score (nSPS) is 11.1. The molecule has 0 saturated heterocycles. The molecule has 1 aromatic carbocycles. The van der Waals surface area contributed by atoms with Crippen LogP contribution in [0.5, 0.6) is 5.75 Å². The van der Waals surface area contributed by atoms with Crippen LogP contribution >= 0.6 is 0 Å². The molecular weight excluding hydrogens is 298 g/mol. The number of rotatable bonds is 5. The molecule has 2 aromatic rings. The average molecular weight is 311 g/mol. The van der Waals surface area contributed by atoms with E-state index in [4.69, 9.17) is 14.3 Å².